The number of aromatic nitrogens is 2. The molecule has 0 bridgehead atoms. The number of amides is 2. The fraction of sp³-hybridized carbons (Fsp3) is 0.238. The van der Waals surface area contributed by atoms with Gasteiger partial charge in [0.2, 0.25) is 17.6 Å². The second kappa shape index (κ2) is 8.05. The Morgan fingerprint density at radius 1 is 1.21 bits per heavy atom. The van der Waals surface area contributed by atoms with Crippen molar-refractivity contribution in [3.8, 4) is 11.4 Å². The largest absolute Gasteiger partial charge is 0.355 e. The van der Waals surface area contributed by atoms with Gasteiger partial charge < -0.3 is 14.7 Å². The molecule has 1 N–H and O–H groups in total. The molecule has 1 fully saturated rings. The SMILES string of the molecule is CNC(=O)c1cccc(-c2noc(C3CN(C(=O)Cc4ccccc4Cl)C3)n2)c1. The van der Waals surface area contributed by atoms with Crippen LogP contribution >= 0.6 is 11.6 Å². The van der Waals surface area contributed by atoms with E-state index in [-0.39, 0.29) is 24.2 Å². The first-order valence-electron chi connectivity index (χ1n) is 9.22. The van der Waals surface area contributed by atoms with Gasteiger partial charge in [-0.3, -0.25) is 9.59 Å². The van der Waals surface area contributed by atoms with Crippen LogP contribution < -0.4 is 5.32 Å². The summed E-state index contributed by atoms with van der Waals surface area (Å²) < 4.78 is 5.39. The van der Waals surface area contributed by atoms with E-state index in [1.165, 1.54) is 0 Å². The first kappa shape index (κ1) is 19.1. The zero-order valence-electron chi connectivity index (χ0n) is 15.8. The Hall–Kier alpha value is -3.19. The third kappa shape index (κ3) is 4.00. The van der Waals surface area contributed by atoms with E-state index in [0.29, 0.717) is 41.0 Å². The Bertz CT molecular complexity index is 1060. The second-order valence-corrected chi connectivity index (χ2v) is 7.29. The monoisotopic (exact) mass is 410 g/mol. The van der Waals surface area contributed by atoms with Crippen molar-refractivity contribution in [2.24, 2.45) is 0 Å². The van der Waals surface area contributed by atoms with E-state index in [4.69, 9.17) is 16.1 Å². The number of rotatable bonds is 5. The highest BCUT2D eigenvalue weighted by Crippen LogP contribution is 2.29. The molecule has 4 rings (SSSR count). The lowest BCUT2D eigenvalue weighted by molar-refractivity contribution is -0.135. The Morgan fingerprint density at radius 2 is 2.00 bits per heavy atom. The van der Waals surface area contributed by atoms with Gasteiger partial charge in [-0.25, -0.2) is 0 Å². The van der Waals surface area contributed by atoms with Crippen molar-refractivity contribution in [1.82, 2.24) is 20.4 Å². The van der Waals surface area contributed by atoms with Crippen molar-refractivity contribution in [3.05, 3.63) is 70.6 Å². The number of hydrogen-bond acceptors (Lipinski definition) is 5. The first-order chi connectivity index (χ1) is 14.0. The number of carbonyl (C=O) groups is 2. The molecule has 0 saturated carbocycles. The molecule has 0 aliphatic carbocycles. The maximum atomic E-state index is 12.4. The molecular weight excluding hydrogens is 392 g/mol. The van der Waals surface area contributed by atoms with E-state index < -0.39 is 0 Å². The van der Waals surface area contributed by atoms with Crippen LogP contribution in [0.5, 0.6) is 0 Å². The van der Waals surface area contributed by atoms with E-state index in [1.807, 2.05) is 24.3 Å². The molecule has 148 valence electrons. The summed E-state index contributed by atoms with van der Waals surface area (Å²) in [5.74, 6) is 0.766. The highest BCUT2D eigenvalue weighted by Gasteiger charge is 2.35. The summed E-state index contributed by atoms with van der Waals surface area (Å²) >= 11 is 6.13. The summed E-state index contributed by atoms with van der Waals surface area (Å²) in [5.41, 5.74) is 2.04. The van der Waals surface area contributed by atoms with Crippen molar-refractivity contribution in [2.45, 2.75) is 12.3 Å². The summed E-state index contributed by atoms with van der Waals surface area (Å²) in [7, 11) is 1.58. The third-order valence-electron chi connectivity index (χ3n) is 4.93. The van der Waals surface area contributed by atoms with Gasteiger partial charge in [-0.05, 0) is 23.8 Å². The van der Waals surface area contributed by atoms with Gasteiger partial charge in [0.15, 0.2) is 0 Å². The summed E-state index contributed by atoms with van der Waals surface area (Å²) in [4.78, 5) is 30.4. The molecule has 1 aromatic heterocycles. The number of halogens is 1. The molecule has 0 unspecified atom stereocenters. The van der Waals surface area contributed by atoms with Gasteiger partial charge in [0.05, 0.1) is 12.3 Å². The average Bonchev–Trinajstić information content (AvgIpc) is 3.18. The molecule has 29 heavy (non-hydrogen) atoms. The number of carbonyl (C=O) groups excluding carboxylic acids is 2. The molecule has 8 heteroatoms. The summed E-state index contributed by atoms with van der Waals surface area (Å²) in [6.07, 6.45) is 0.272. The van der Waals surface area contributed by atoms with Gasteiger partial charge in [-0.2, -0.15) is 4.98 Å². The Kier molecular flexibility index (Phi) is 5.31. The highest BCUT2D eigenvalue weighted by molar-refractivity contribution is 6.31. The molecule has 7 nitrogen and oxygen atoms in total. The zero-order chi connectivity index (χ0) is 20.4. The second-order valence-electron chi connectivity index (χ2n) is 6.88. The summed E-state index contributed by atoms with van der Waals surface area (Å²) in [6, 6.07) is 14.4. The average molecular weight is 411 g/mol. The van der Waals surface area contributed by atoms with E-state index in [2.05, 4.69) is 15.5 Å². The number of hydrogen-bond donors (Lipinski definition) is 1. The molecule has 0 spiro atoms. The van der Waals surface area contributed by atoms with Gasteiger partial charge in [0.1, 0.15) is 0 Å². The molecule has 2 amide bonds. The van der Waals surface area contributed by atoms with Gasteiger partial charge in [-0.1, -0.05) is 47.1 Å². The van der Waals surface area contributed by atoms with Crippen LogP contribution in [0.15, 0.2) is 53.1 Å². The van der Waals surface area contributed by atoms with Crippen molar-refractivity contribution >= 4 is 23.4 Å². The van der Waals surface area contributed by atoms with Crippen LogP contribution in [0.1, 0.15) is 27.7 Å². The summed E-state index contributed by atoms with van der Waals surface area (Å²) in [6.45, 7) is 1.06. The highest BCUT2D eigenvalue weighted by atomic mass is 35.5. The molecule has 0 radical (unpaired) electrons. The zero-order valence-corrected chi connectivity index (χ0v) is 16.5. The normalized spacial score (nSPS) is 13.8. The fourth-order valence-electron chi connectivity index (χ4n) is 3.22. The lowest BCUT2D eigenvalue weighted by Gasteiger charge is -2.37. The van der Waals surface area contributed by atoms with Gasteiger partial charge in [0, 0.05) is 36.3 Å². The third-order valence-corrected chi connectivity index (χ3v) is 5.30. The Morgan fingerprint density at radius 3 is 2.76 bits per heavy atom. The van der Waals surface area contributed by atoms with E-state index in [0.717, 1.165) is 5.56 Å². The van der Waals surface area contributed by atoms with Crippen LogP contribution in [0.3, 0.4) is 0 Å². The van der Waals surface area contributed by atoms with Crippen molar-refractivity contribution in [3.63, 3.8) is 0 Å². The van der Waals surface area contributed by atoms with Crippen LogP contribution in [0.25, 0.3) is 11.4 Å². The fourth-order valence-corrected chi connectivity index (χ4v) is 3.42. The Labute approximate surface area is 172 Å². The predicted octanol–water partition coefficient (Wildman–Crippen LogP) is 2.92. The molecule has 0 atom stereocenters. The molecule has 3 aromatic rings. The van der Waals surface area contributed by atoms with E-state index >= 15 is 0 Å². The van der Waals surface area contributed by atoms with Crippen LogP contribution in [0, 0.1) is 0 Å². The smallest absolute Gasteiger partial charge is 0.251 e. The molecule has 2 aromatic carbocycles. The number of nitrogens with zero attached hydrogens (tertiary/aromatic N) is 3. The van der Waals surface area contributed by atoms with Gasteiger partial charge >= 0.3 is 0 Å². The quantitative estimate of drug-likeness (QED) is 0.698. The maximum absolute atomic E-state index is 12.4. The minimum absolute atomic E-state index is 0.00793. The standard InChI is InChI=1S/C21H19ClN4O3/c1-23-20(28)15-7-4-6-14(9-15)19-24-21(29-25-19)16-11-26(12-16)18(27)10-13-5-2-3-8-17(13)22/h2-9,16H,10-12H2,1H3,(H,23,28). The van der Waals surface area contributed by atoms with Gasteiger partial charge in [-0.15, -0.1) is 0 Å². The molecule has 1 aliphatic rings. The predicted molar refractivity (Wildman–Crippen MR) is 108 cm³/mol. The molecular formula is C21H19ClN4O3. The lowest BCUT2D eigenvalue weighted by Crippen LogP contribution is -2.49. The number of benzene rings is 2. The van der Waals surface area contributed by atoms with E-state index in [1.54, 1.807) is 36.2 Å². The van der Waals surface area contributed by atoms with E-state index in [9.17, 15) is 9.59 Å². The topological polar surface area (TPSA) is 88.3 Å². The van der Waals surface area contributed by atoms with Crippen LogP contribution in [0.2, 0.25) is 5.02 Å². The van der Waals surface area contributed by atoms with Crippen molar-refractivity contribution < 1.29 is 14.1 Å². The van der Waals surface area contributed by atoms with Crippen molar-refractivity contribution in [2.75, 3.05) is 20.1 Å². The Balaban J connectivity index is 1.39. The van der Waals surface area contributed by atoms with Crippen molar-refractivity contribution in [1.29, 1.82) is 0 Å². The summed E-state index contributed by atoms with van der Waals surface area (Å²) in [5, 5.41) is 7.21. The molecule has 1 saturated heterocycles. The van der Waals surface area contributed by atoms with Crippen LogP contribution in [0.4, 0.5) is 0 Å². The minimum Gasteiger partial charge on any atom is -0.355 e. The molecule has 1 aliphatic heterocycles. The van der Waals surface area contributed by atoms with Crippen LogP contribution in [-0.4, -0.2) is 47.0 Å². The van der Waals surface area contributed by atoms with Crippen LogP contribution in [-0.2, 0) is 11.2 Å². The van der Waals surface area contributed by atoms with Gasteiger partial charge in [0.25, 0.3) is 5.91 Å². The lowest BCUT2D eigenvalue weighted by atomic mass is 9.98. The number of likely N-dealkylation sites (tertiary alicyclic amines) is 1. The first-order valence-corrected chi connectivity index (χ1v) is 9.60. The minimum atomic E-state index is -0.178. The number of nitrogens with one attached hydrogen (secondary N) is 1. The molecule has 2 heterocycles. The maximum Gasteiger partial charge on any atom is 0.251 e.